The highest BCUT2D eigenvalue weighted by Gasteiger charge is 2.27. The molecule has 3 heteroatoms. The molecular weight excluding hydrogens is 170 g/mol. The van der Waals surface area contributed by atoms with Gasteiger partial charge in [-0.05, 0) is 32.7 Å². The van der Waals surface area contributed by atoms with Gasteiger partial charge in [-0.3, -0.25) is 4.21 Å². The molecule has 0 aliphatic heterocycles. The highest BCUT2D eigenvalue weighted by Crippen LogP contribution is 2.23. The molecule has 1 rings (SSSR count). The van der Waals surface area contributed by atoms with E-state index in [0.717, 1.165) is 25.0 Å². The van der Waals surface area contributed by atoms with Crippen LogP contribution in [0.15, 0.2) is 0 Å². The lowest BCUT2D eigenvalue weighted by Gasteiger charge is -2.09. The normalized spacial score (nSPS) is 32.2. The van der Waals surface area contributed by atoms with Crippen LogP contribution >= 0.6 is 0 Å². The molecule has 1 aliphatic carbocycles. The van der Waals surface area contributed by atoms with Crippen molar-refractivity contribution in [3.05, 3.63) is 0 Å². The fourth-order valence-electron chi connectivity index (χ4n) is 1.81. The first kappa shape index (κ1) is 10.2. The largest absolute Gasteiger partial charge is 0.317 e. The van der Waals surface area contributed by atoms with Crippen LogP contribution in [0.3, 0.4) is 0 Å². The molecule has 1 N–H and O–H groups in total. The van der Waals surface area contributed by atoms with Gasteiger partial charge in [-0.15, -0.1) is 0 Å². The maximum absolute atomic E-state index is 11.6. The molecule has 0 aromatic rings. The first-order valence-corrected chi connectivity index (χ1v) is 6.20. The summed E-state index contributed by atoms with van der Waals surface area (Å²) in [5.41, 5.74) is 0. The van der Waals surface area contributed by atoms with Gasteiger partial charge in [0.1, 0.15) is 0 Å². The van der Waals surface area contributed by atoms with Crippen LogP contribution < -0.4 is 5.32 Å². The maximum Gasteiger partial charge on any atom is 0.0363 e. The summed E-state index contributed by atoms with van der Waals surface area (Å²) in [7, 11) is 1.44. The lowest BCUT2D eigenvalue weighted by molar-refractivity contribution is 0.581. The quantitative estimate of drug-likeness (QED) is 0.722. The van der Waals surface area contributed by atoms with Gasteiger partial charge in [0.25, 0.3) is 0 Å². The first-order chi connectivity index (χ1) is 5.77. The SMILES string of the molecule is CCCS(=O)C1CCC(NC)C1. The van der Waals surface area contributed by atoms with E-state index in [1.54, 1.807) is 0 Å². The van der Waals surface area contributed by atoms with Crippen LogP contribution in [0.5, 0.6) is 0 Å². The minimum atomic E-state index is -0.558. The molecule has 12 heavy (non-hydrogen) atoms. The summed E-state index contributed by atoms with van der Waals surface area (Å²) >= 11 is 0. The molecule has 1 saturated carbocycles. The van der Waals surface area contributed by atoms with Gasteiger partial charge in [-0.25, -0.2) is 0 Å². The molecule has 72 valence electrons. The van der Waals surface area contributed by atoms with Crippen molar-refractivity contribution in [3.8, 4) is 0 Å². The second-order valence-corrected chi connectivity index (χ2v) is 5.34. The van der Waals surface area contributed by atoms with Gasteiger partial charge in [0, 0.05) is 27.8 Å². The molecule has 0 aromatic carbocycles. The molecule has 0 spiro atoms. The Bertz CT molecular complexity index is 161. The van der Waals surface area contributed by atoms with Crippen LogP contribution in [0.2, 0.25) is 0 Å². The Morgan fingerprint density at radius 1 is 1.50 bits per heavy atom. The van der Waals surface area contributed by atoms with Crippen LogP contribution in [0.4, 0.5) is 0 Å². The molecule has 0 heterocycles. The third-order valence-electron chi connectivity index (χ3n) is 2.57. The predicted octanol–water partition coefficient (Wildman–Crippen LogP) is 1.29. The van der Waals surface area contributed by atoms with E-state index in [-0.39, 0.29) is 0 Å². The Morgan fingerprint density at radius 3 is 2.75 bits per heavy atom. The molecule has 1 aliphatic rings. The third kappa shape index (κ3) is 2.56. The number of nitrogens with one attached hydrogen (secondary N) is 1. The fourth-order valence-corrected chi connectivity index (χ4v) is 3.39. The van der Waals surface area contributed by atoms with Gasteiger partial charge < -0.3 is 5.32 Å². The van der Waals surface area contributed by atoms with Crippen LogP contribution in [-0.2, 0) is 10.8 Å². The maximum atomic E-state index is 11.6. The zero-order chi connectivity index (χ0) is 8.97. The van der Waals surface area contributed by atoms with E-state index in [1.165, 1.54) is 6.42 Å². The average Bonchev–Trinajstić information content (AvgIpc) is 2.52. The molecule has 3 atom stereocenters. The van der Waals surface area contributed by atoms with Crippen molar-refractivity contribution in [2.24, 2.45) is 0 Å². The molecular formula is C9H19NOS. The van der Waals surface area contributed by atoms with Crippen molar-refractivity contribution in [2.75, 3.05) is 12.8 Å². The highest BCUT2D eigenvalue weighted by atomic mass is 32.2. The Labute approximate surface area is 77.6 Å². The lowest BCUT2D eigenvalue weighted by Crippen LogP contribution is -2.23. The molecule has 2 nitrogen and oxygen atoms in total. The highest BCUT2D eigenvalue weighted by molar-refractivity contribution is 7.85. The van der Waals surface area contributed by atoms with Crippen molar-refractivity contribution in [1.29, 1.82) is 0 Å². The zero-order valence-corrected chi connectivity index (χ0v) is 8.82. The van der Waals surface area contributed by atoms with Crippen LogP contribution in [0.1, 0.15) is 32.6 Å². The minimum Gasteiger partial charge on any atom is -0.317 e. The van der Waals surface area contributed by atoms with Gasteiger partial charge in [0.05, 0.1) is 0 Å². The summed E-state index contributed by atoms with van der Waals surface area (Å²) in [6.07, 6.45) is 4.52. The standard InChI is InChI=1S/C9H19NOS/c1-3-6-12(11)9-5-4-8(7-9)10-2/h8-10H,3-7H2,1-2H3. The topological polar surface area (TPSA) is 29.1 Å². The summed E-state index contributed by atoms with van der Waals surface area (Å²) < 4.78 is 11.6. The van der Waals surface area contributed by atoms with E-state index in [2.05, 4.69) is 12.2 Å². The minimum absolute atomic E-state index is 0.474. The average molecular weight is 189 g/mol. The number of hydrogen-bond acceptors (Lipinski definition) is 2. The van der Waals surface area contributed by atoms with E-state index < -0.39 is 10.8 Å². The molecule has 1 fully saturated rings. The van der Waals surface area contributed by atoms with Crippen LogP contribution in [-0.4, -0.2) is 28.3 Å². The Morgan fingerprint density at radius 2 is 2.25 bits per heavy atom. The second kappa shape index (κ2) is 4.97. The van der Waals surface area contributed by atoms with Gasteiger partial charge in [-0.1, -0.05) is 6.92 Å². The monoisotopic (exact) mass is 189 g/mol. The van der Waals surface area contributed by atoms with Gasteiger partial charge in [0.2, 0.25) is 0 Å². The van der Waals surface area contributed by atoms with E-state index in [0.29, 0.717) is 11.3 Å². The van der Waals surface area contributed by atoms with Crippen LogP contribution in [0.25, 0.3) is 0 Å². The van der Waals surface area contributed by atoms with Crippen molar-refractivity contribution in [2.45, 2.75) is 43.9 Å². The van der Waals surface area contributed by atoms with Gasteiger partial charge >= 0.3 is 0 Å². The first-order valence-electron chi connectivity index (χ1n) is 4.82. The van der Waals surface area contributed by atoms with Crippen molar-refractivity contribution in [1.82, 2.24) is 5.32 Å². The molecule has 0 aromatic heterocycles. The van der Waals surface area contributed by atoms with Crippen molar-refractivity contribution < 1.29 is 4.21 Å². The number of hydrogen-bond donors (Lipinski definition) is 1. The fraction of sp³-hybridized carbons (Fsp3) is 1.00. The summed E-state index contributed by atoms with van der Waals surface area (Å²) in [6.45, 7) is 2.10. The molecule has 3 unspecified atom stereocenters. The van der Waals surface area contributed by atoms with E-state index >= 15 is 0 Å². The van der Waals surface area contributed by atoms with E-state index in [9.17, 15) is 4.21 Å². The summed E-state index contributed by atoms with van der Waals surface area (Å²) in [5.74, 6) is 0.890. The Kier molecular flexibility index (Phi) is 4.22. The van der Waals surface area contributed by atoms with E-state index in [1.807, 2.05) is 7.05 Å². The summed E-state index contributed by atoms with van der Waals surface area (Å²) in [4.78, 5) is 0. The second-order valence-electron chi connectivity index (χ2n) is 3.51. The summed E-state index contributed by atoms with van der Waals surface area (Å²) in [6, 6.07) is 0.621. The van der Waals surface area contributed by atoms with Crippen molar-refractivity contribution in [3.63, 3.8) is 0 Å². The Hall–Kier alpha value is 0.110. The Balaban J connectivity index is 2.31. The predicted molar refractivity (Wildman–Crippen MR) is 53.8 cm³/mol. The third-order valence-corrected chi connectivity index (χ3v) is 4.55. The number of rotatable bonds is 4. The molecule has 0 radical (unpaired) electrons. The molecule has 0 amide bonds. The smallest absolute Gasteiger partial charge is 0.0363 e. The molecule has 0 bridgehead atoms. The van der Waals surface area contributed by atoms with E-state index in [4.69, 9.17) is 0 Å². The van der Waals surface area contributed by atoms with Gasteiger partial charge in [0.15, 0.2) is 0 Å². The lowest BCUT2D eigenvalue weighted by atomic mass is 10.3. The van der Waals surface area contributed by atoms with Gasteiger partial charge in [-0.2, -0.15) is 0 Å². The van der Waals surface area contributed by atoms with Crippen LogP contribution in [0, 0.1) is 0 Å². The van der Waals surface area contributed by atoms with Crippen molar-refractivity contribution >= 4 is 10.8 Å². The zero-order valence-electron chi connectivity index (χ0n) is 8.01. The molecule has 0 saturated heterocycles. The summed E-state index contributed by atoms with van der Waals surface area (Å²) in [5, 5.41) is 3.73.